The number of benzene rings is 1. The summed E-state index contributed by atoms with van der Waals surface area (Å²) in [5, 5.41) is 0. The van der Waals surface area contributed by atoms with Gasteiger partial charge in [-0.3, -0.25) is 4.90 Å². The van der Waals surface area contributed by atoms with E-state index in [9.17, 15) is 0 Å². The first kappa shape index (κ1) is 16.8. The fourth-order valence-electron chi connectivity index (χ4n) is 2.23. The van der Waals surface area contributed by atoms with Crippen LogP contribution in [0.4, 0.5) is 5.69 Å². The van der Waals surface area contributed by atoms with E-state index in [0.29, 0.717) is 11.6 Å². The van der Waals surface area contributed by atoms with E-state index in [0.717, 1.165) is 31.9 Å². The van der Waals surface area contributed by atoms with Gasteiger partial charge in [0.2, 0.25) is 0 Å². The average molecular weight is 279 g/mol. The average Bonchev–Trinajstić information content (AvgIpc) is 2.35. The number of nitrogens with zero attached hydrogens (tertiary/aromatic N) is 2. The molecule has 0 radical (unpaired) electrons. The molecule has 114 valence electrons. The molecule has 0 heterocycles. The molecule has 0 bridgehead atoms. The molecule has 4 nitrogen and oxygen atoms in total. The molecule has 0 fully saturated rings. The number of hydrogen-bond acceptors (Lipinski definition) is 4. The molecule has 1 aromatic rings. The molecule has 0 aromatic heterocycles. The zero-order chi connectivity index (χ0) is 15.1. The largest absolute Gasteiger partial charge is 0.495 e. The van der Waals surface area contributed by atoms with Gasteiger partial charge in [-0.05, 0) is 37.7 Å². The molecule has 2 N–H and O–H groups in total. The maximum Gasteiger partial charge on any atom is 0.141 e. The molecule has 0 unspecified atom stereocenters. The van der Waals surface area contributed by atoms with Crippen molar-refractivity contribution in [2.24, 2.45) is 5.92 Å². The Kier molecular flexibility index (Phi) is 6.82. The fourth-order valence-corrected chi connectivity index (χ4v) is 2.23. The van der Waals surface area contributed by atoms with Gasteiger partial charge in [0, 0.05) is 26.2 Å². The van der Waals surface area contributed by atoms with Crippen molar-refractivity contribution >= 4 is 5.69 Å². The molecule has 0 aliphatic carbocycles. The van der Waals surface area contributed by atoms with E-state index in [4.69, 9.17) is 10.5 Å². The summed E-state index contributed by atoms with van der Waals surface area (Å²) in [6.45, 7) is 8.67. The molecule has 0 amide bonds. The lowest BCUT2D eigenvalue weighted by molar-refractivity contribution is 0.211. The van der Waals surface area contributed by atoms with E-state index in [-0.39, 0.29) is 0 Å². The van der Waals surface area contributed by atoms with Crippen LogP contribution < -0.4 is 10.5 Å². The molecule has 0 saturated carbocycles. The van der Waals surface area contributed by atoms with Gasteiger partial charge in [0.25, 0.3) is 0 Å². The summed E-state index contributed by atoms with van der Waals surface area (Å²) in [7, 11) is 5.87. The van der Waals surface area contributed by atoms with Crippen molar-refractivity contribution in [2.75, 3.05) is 46.6 Å². The number of rotatable bonds is 8. The molecule has 1 aromatic carbocycles. The number of anilines is 1. The Bertz CT molecular complexity index is 405. The number of methoxy groups -OCH3 is 1. The first-order valence-corrected chi connectivity index (χ1v) is 7.21. The third kappa shape index (κ3) is 5.80. The van der Waals surface area contributed by atoms with Gasteiger partial charge in [0.1, 0.15) is 5.75 Å². The number of nitrogen functional groups attached to an aromatic ring is 1. The summed E-state index contributed by atoms with van der Waals surface area (Å²) in [6.07, 6.45) is 0. The predicted octanol–water partition coefficient (Wildman–Crippen LogP) is 2.30. The van der Waals surface area contributed by atoms with Crippen LogP contribution in [-0.2, 0) is 6.54 Å². The standard InChI is InChI=1S/C16H29N3O/c1-13(2)11-19(9-8-18(3)4)12-14-6-7-16(20-5)15(17)10-14/h6-7,10,13H,8-9,11-12,17H2,1-5H3. The second kappa shape index (κ2) is 8.12. The molecular weight excluding hydrogens is 250 g/mol. The maximum absolute atomic E-state index is 5.98. The Hall–Kier alpha value is -1.26. The van der Waals surface area contributed by atoms with Gasteiger partial charge < -0.3 is 15.4 Å². The summed E-state index contributed by atoms with van der Waals surface area (Å²) < 4.78 is 5.20. The zero-order valence-electron chi connectivity index (χ0n) is 13.5. The van der Waals surface area contributed by atoms with E-state index in [2.05, 4.69) is 43.8 Å². The predicted molar refractivity (Wildman–Crippen MR) is 86.1 cm³/mol. The van der Waals surface area contributed by atoms with Gasteiger partial charge in [-0.25, -0.2) is 0 Å². The first-order valence-electron chi connectivity index (χ1n) is 7.21. The van der Waals surface area contributed by atoms with Gasteiger partial charge in [0.15, 0.2) is 0 Å². The van der Waals surface area contributed by atoms with E-state index in [1.165, 1.54) is 5.56 Å². The lowest BCUT2D eigenvalue weighted by atomic mass is 10.1. The van der Waals surface area contributed by atoms with Crippen LogP contribution in [0.15, 0.2) is 18.2 Å². The molecule has 0 spiro atoms. The van der Waals surface area contributed by atoms with Crippen molar-refractivity contribution in [2.45, 2.75) is 20.4 Å². The number of hydrogen-bond donors (Lipinski definition) is 1. The highest BCUT2D eigenvalue weighted by Crippen LogP contribution is 2.22. The number of likely N-dealkylation sites (N-methyl/N-ethyl adjacent to an activating group) is 1. The van der Waals surface area contributed by atoms with Crippen LogP contribution in [0.1, 0.15) is 19.4 Å². The second-order valence-corrected chi connectivity index (χ2v) is 6.01. The molecule has 20 heavy (non-hydrogen) atoms. The van der Waals surface area contributed by atoms with Crippen LogP contribution in [0.25, 0.3) is 0 Å². The van der Waals surface area contributed by atoms with Crippen molar-refractivity contribution in [1.82, 2.24) is 9.80 Å². The monoisotopic (exact) mass is 279 g/mol. The van der Waals surface area contributed by atoms with E-state index >= 15 is 0 Å². The first-order chi connectivity index (χ1) is 9.42. The van der Waals surface area contributed by atoms with Gasteiger partial charge in [-0.1, -0.05) is 19.9 Å². The minimum Gasteiger partial charge on any atom is -0.495 e. The Labute approximate surface area is 123 Å². The van der Waals surface area contributed by atoms with E-state index in [1.54, 1.807) is 7.11 Å². The molecule has 4 heteroatoms. The lowest BCUT2D eigenvalue weighted by Gasteiger charge is -2.26. The molecular formula is C16H29N3O. The van der Waals surface area contributed by atoms with E-state index < -0.39 is 0 Å². The highest BCUT2D eigenvalue weighted by atomic mass is 16.5. The van der Waals surface area contributed by atoms with Crippen LogP contribution in [0.2, 0.25) is 0 Å². The van der Waals surface area contributed by atoms with E-state index in [1.807, 2.05) is 12.1 Å². The molecule has 1 rings (SSSR count). The molecule has 0 atom stereocenters. The smallest absolute Gasteiger partial charge is 0.141 e. The highest BCUT2D eigenvalue weighted by Gasteiger charge is 2.10. The summed E-state index contributed by atoms with van der Waals surface area (Å²) in [5.74, 6) is 1.41. The van der Waals surface area contributed by atoms with Crippen LogP contribution >= 0.6 is 0 Å². The normalized spacial score (nSPS) is 11.6. The Balaban J connectivity index is 2.70. The number of ether oxygens (including phenoxy) is 1. The van der Waals surface area contributed by atoms with Gasteiger partial charge >= 0.3 is 0 Å². The zero-order valence-corrected chi connectivity index (χ0v) is 13.5. The molecule has 0 aliphatic rings. The van der Waals surface area contributed by atoms with Crippen molar-refractivity contribution < 1.29 is 4.74 Å². The Morgan fingerprint density at radius 1 is 1.20 bits per heavy atom. The SMILES string of the molecule is COc1ccc(CN(CCN(C)C)CC(C)C)cc1N. The summed E-state index contributed by atoms with van der Waals surface area (Å²) in [6, 6.07) is 6.06. The van der Waals surface area contributed by atoms with Crippen molar-refractivity contribution in [3.05, 3.63) is 23.8 Å². The molecule has 0 aliphatic heterocycles. The Morgan fingerprint density at radius 2 is 1.90 bits per heavy atom. The second-order valence-electron chi connectivity index (χ2n) is 6.01. The van der Waals surface area contributed by atoms with Crippen LogP contribution in [-0.4, -0.2) is 50.6 Å². The topological polar surface area (TPSA) is 41.7 Å². The van der Waals surface area contributed by atoms with Crippen LogP contribution in [0, 0.1) is 5.92 Å². The quantitative estimate of drug-likeness (QED) is 0.741. The summed E-state index contributed by atoms with van der Waals surface area (Å²) in [4.78, 5) is 4.70. The highest BCUT2D eigenvalue weighted by molar-refractivity contribution is 5.54. The molecule has 0 saturated heterocycles. The summed E-state index contributed by atoms with van der Waals surface area (Å²) >= 11 is 0. The van der Waals surface area contributed by atoms with Crippen molar-refractivity contribution in [1.29, 1.82) is 0 Å². The fraction of sp³-hybridized carbons (Fsp3) is 0.625. The van der Waals surface area contributed by atoms with Crippen LogP contribution in [0.3, 0.4) is 0 Å². The Morgan fingerprint density at radius 3 is 2.40 bits per heavy atom. The van der Waals surface area contributed by atoms with Crippen LogP contribution in [0.5, 0.6) is 5.75 Å². The third-order valence-corrected chi connectivity index (χ3v) is 3.19. The minimum atomic E-state index is 0.660. The third-order valence-electron chi connectivity index (χ3n) is 3.19. The van der Waals surface area contributed by atoms with Crippen molar-refractivity contribution in [3.63, 3.8) is 0 Å². The van der Waals surface area contributed by atoms with Gasteiger partial charge in [-0.15, -0.1) is 0 Å². The lowest BCUT2D eigenvalue weighted by Crippen LogP contribution is -2.34. The van der Waals surface area contributed by atoms with Crippen molar-refractivity contribution in [3.8, 4) is 5.75 Å². The van der Waals surface area contributed by atoms with Gasteiger partial charge in [0.05, 0.1) is 12.8 Å². The minimum absolute atomic E-state index is 0.660. The maximum atomic E-state index is 5.98. The number of nitrogens with two attached hydrogens (primary N) is 1. The summed E-state index contributed by atoms with van der Waals surface area (Å²) in [5.41, 5.74) is 7.93. The van der Waals surface area contributed by atoms with Gasteiger partial charge in [-0.2, -0.15) is 0 Å².